The molecule has 7 nitrogen and oxygen atoms in total. The summed E-state index contributed by atoms with van der Waals surface area (Å²) >= 11 is 0. The Balaban J connectivity index is 0. The van der Waals surface area contributed by atoms with Crippen molar-refractivity contribution in [3.8, 4) is 0 Å². The second-order valence-corrected chi connectivity index (χ2v) is 5.06. The maximum Gasteiger partial charge on any atom is 0.421 e. The Morgan fingerprint density at radius 1 is 1.19 bits per heavy atom. The summed E-state index contributed by atoms with van der Waals surface area (Å²) in [6, 6.07) is 0. The summed E-state index contributed by atoms with van der Waals surface area (Å²) in [6.45, 7) is 6.48. The molecule has 8 heteroatoms. The van der Waals surface area contributed by atoms with Crippen molar-refractivity contribution in [1.82, 2.24) is 4.47 Å². The third-order valence-corrected chi connectivity index (χ3v) is 5.16. The monoisotopic (exact) mass is 256 g/mol. The van der Waals surface area contributed by atoms with Gasteiger partial charge in [0.15, 0.2) is 0 Å². The van der Waals surface area contributed by atoms with Crippen LogP contribution in [0, 0.1) is 0 Å². The quantitative estimate of drug-likeness (QED) is 0.361. The molecule has 0 aromatic rings. The first-order chi connectivity index (χ1) is 6.95. The molecule has 0 rings (SSSR count). The van der Waals surface area contributed by atoms with E-state index in [-0.39, 0.29) is 15.8 Å². The van der Waals surface area contributed by atoms with Crippen LogP contribution in [-0.4, -0.2) is 55.4 Å². The highest BCUT2D eigenvalue weighted by Gasteiger charge is 2.42. The van der Waals surface area contributed by atoms with Crippen molar-refractivity contribution in [3.05, 3.63) is 0 Å². The van der Waals surface area contributed by atoms with Crippen molar-refractivity contribution in [2.75, 3.05) is 26.7 Å². The average molecular weight is 256 g/mol. The van der Waals surface area contributed by atoms with Gasteiger partial charge >= 0.3 is 10.2 Å². The van der Waals surface area contributed by atoms with Crippen molar-refractivity contribution < 1.29 is 27.4 Å². The molecule has 0 aromatic carbocycles. The number of hydroxylamine groups is 1. The van der Waals surface area contributed by atoms with E-state index in [9.17, 15) is 13.2 Å². The van der Waals surface area contributed by atoms with E-state index in [1.54, 1.807) is 20.8 Å². The van der Waals surface area contributed by atoms with Gasteiger partial charge in [0.25, 0.3) is 6.41 Å². The van der Waals surface area contributed by atoms with E-state index < -0.39 is 10.2 Å². The fourth-order valence-electron chi connectivity index (χ4n) is 1.52. The number of nitrogens with zero attached hydrogens (tertiary/aromatic N) is 2. The number of hydrogen-bond donors (Lipinski definition) is 0. The van der Waals surface area contributed by atoms with Crippen molar-refractivity contribution >= 4 is 16.6 Å². The van der Waals surface area contributed by atoms with E-state index in [0.29, 0.717) is 24.1 Å². The number of carbonyl (C=O) groups is 1. The summed E-state index contributed by atoms with van der Waals surface area (Å²) in [5.74, 6) is 0. The highest BCUT2D eigenvalue weighted by molar-refractivity contribution is 7.83. The van der Waals surface area contributed by atoms with Crippen LogP contribution in [0.25, 0.3) is 0 Å². The van der Waals surface area contributed by atoms with Crippen LogP contribution in [0.2, 0.25) is 0 Å². The minimum Gasteiger partial charge on any atom is -0.870 e. The first-order valence-corrected chi connectivity index (χ1v) is 6.25. The molecule has 0 heterocycles. The molecule has 1 amide bonds. The Morgan fingerprint density at radius 3 is 1.75 bits per heavy atom. The normalized spacial score (nSPS) is 11.8. The second kappa shape index (κ2) is 6.79. The van der Waals surface area contributed by atoms with Crippen LogP contribution in [-0.2, 0) is 19.8 Å². The Bertz CT molecular complexity index is 291. The number of carbonyl (C=O) groups excluding carboxylic acids is 1. The van der Waals surface area contributed by atoms with Crippen LogP contribution in [0.15, 0.2) is 0 Å². The summed E-state index contributed by atoms with van der Waals surface area (Å²) in [5, 5.41) is 0. The summed E-state index contributed by atoms with van der Waals surface area (Å²) < 4.78 is 24.3. The Kier molecular flexibility index (Phi) is 7.51. The molecule has 0 saturated carbocycles. The van der Waals surface area contributed by atoms with Crippen molar-refractivity contribution in [2.24, 2.45) is 0 Å². The number of rotatable bonds is 7. The minimum absolute atomic E-state index is 0. The average Bonchev–Trinajstić information content (AvgIpc) is 2.22. The van der Waals surface area contributed by atoms with Gasteiger partial charge in [-0.25, -0.2) is 0 Å². The lowest BCUT2D eigenvalue weighted by molar-refractivity contribution is -0.803. The molecular weight excluding hydrogens is 236 g/mol. The molecule has 0 aliphatic heterocycles. The fraction of sp³-hybridized carbons (Fsp3) is 0.875. The first-order valence-electron chi connectivity index (χ1n) is 4.85. The van der Waals surface area contributed by atoms with E-state index in [0.717, 1.165) is 7.11 Å². The van der Waals surface area contributed by atoms with Crippen LogP contribution < -0.4 is 0 Å². The number of quaternary nitrogens is 1. The van der Waals surface area contributed by atoms with Gasteiger partial charge in [0.1, 0.15) is 0 Å². The second-order valence-electron chi connectivity index (χ2n) is 3.03. The summed E-state index contributed by atoms with van der Waals surface area (Å²) in [6.07, 6.45) is 0.170. The maximum absolute atomic E-state index is 12.0. The zero-order valence-corrected chi connectivity index (χ0v) is 10.9. The largest absolute Gasteiger partial charge is 0.870 e. The fourth-order valence-corrected chi connectivity index (χ4v) is 3.14. The molecule has 1 N–H and O–H groups in total. The molecule has 98 valence electrons. The predicted molar refractivity (Wildman–Crippen MR) is 57.7 cm³/mol. The smallest absolute Gasteiger partial charge is 0.421 e. The van der Waals surface area contributed by atoms with Gasteiger partial charge in [-0.05, 0) is 20.8 Å². The third-order valence-electron chi connectivity index (χ3n) is 2.71. The maximum atomic E-state index is 12.0. The van der Waals surface area contributed by atoms with E-state index in [4.69, 9.17) is 0 Å². The van der Waals surface area contributed by atoms with Crippen molar-refractivity contribution in [2.45, 2.75) is 20.8 Å². The van der Waals surface area contributed by atoms with Crippen molar-refractivity contribution in [3.63, 3.8) is 0 Å². The van der Waals surface area contributed by atoms with Crippen molar-refractivity contribution in [1.29, 1.82) is 0 Å². The first kappa shape index (κ1) is 17.7. The molecule has 0 fully saturated rings. The Hall–Kier alpha value is -0.700. The van der Waals surface area contributed by atoms with Gasteiger partial charge in [-0.1, -0.05) is 4.47 Å². The van der Waals surface area contributed by atoms with Gasteiger partial charge in [0.05, 0.1) is 26.7 Å². The van der Waals surface area contributed by atoms with E-state index >= 15 is 0 Å². The van der Waals surface area contributed by atoms with Gasteiger partial charge in [0.2, 0.25) is 0 Å². The standard InChI is InChI=1S/C8H19N2O4S.H2O/c1-5-10(6-2,7-3)15(12,13)9(8-11)14-4;/h8H,5-7H2,1-4H3;1H2/q+1;/p-1. The molecule has 0 aromatic heterocycles. The molecule has 0 radical (unpaired) electrons. The van der Waals surface area contributed by atoms with Gasteiger partial charge in [-0.15, -0.1) is 8.42 Å². The molecule has 0 atom stereocenters. The van der Waals surface area contributed by atoms with Crippen LogP contribution in [0.1, 0.15) is 20.8 Å². The molecule has 0 saturated heterocycles. The lowest BCUT2D eigenvalue weighted by Gasteiger charge is -2.35. The summed E-state index contributed by atoms with van der Waals surface area (Å²) in [4.78, 5) is 15.1. The van der Waals surface area contributed by atoms with Gasteiger partial charge in [0, 0.05) is 0 Å². The lowest BCUT2D eigenvalue weighted by atomic mass is 10.5. The number of hydrogen-bond acceptors (Lipinski definition) is 5. The van der Waals surface area contributed by atoms with Crippen LogP contribution in [0.4, 0.5) is 0 Å². The van der Waals surface area contributed by atoms with E-state index in [1.165, 1.54) is 0 Å². The van der Waals surface area contributed by atoms with Gasteiger partial charge in [-0.2, -0.15) is 3.89 Å². The van der Waals surface area contributed by atoms with Gasteiger partial charge in [-0.3, -0.25) is 9.63 Å². The highest BCUT2D eigenvalue weighted by atomic mass is 32.2. The molecule has 0 aliphatic carbocycles. The molecular formula is C8H20N2O5S. The third kappa shape index (κ3) is 2.70. The Morgan fingerprint density at radius 2 is 1.56 bits per heavy atom. The molecule has 0 bridgehead atoms. The minimum atomic E-state index is -3.79. The summed E-state index contributed by atoms with van der Waals surface area (Å²) in [7, 11) is -2.64. The molecule has 0 spiro atoms. The predicted octanol–water partition coefficient (Wildman–Crippen LogP) is -0.0493. The molecule has 0 aliphatic rings. The van der Waals surface area contributed by atoms with Crippen LogP contribution in [0.5, 0.6) is 0 Å². The SMILES string of the molecule is CC[N+](CC)(CC)S(=O)(=O)N(C=O)OC.[OH-]. The Labute approximate surface area is 96.6 Å². The summed E-state index contributed by atoms with van der Waals surface area (Å²) in [5.41, 5.74) is 0. The topological polar surface area (TPSA) is 93.7 Å². The lowest BCUT2D eigenvalue weighted by Crippen LogP contribution is -2.57. The van der Waals surface area contributed by atoms with E-state index in [2.05, 4.69) is 4.84 Å². The zero-order chi connectivity index (χ0) is 12.1. The van der Waals surface area contributed by atoms with Gasteiger partial charge < -0.3 is 5.48 Å². The molecule has 0 unspecified atom stereocenters. The zero-order valence-electron chi connectivity index (χ0n) is 10.1. The van der Waals surface area contributed by atoms with E-state index in [1.807, 2.05) is 0 Å². The van der Waals surface area contributed by atoms with Crippen LogP contribution >= 0.6 is 0 Å². The molecule has 16 heavy (non-hydrogen) atoms. The number of amides is 1. The highest BCUT2D eigenvalue weighted by Crippen LogP contribution is 2.18. The van der Waals surface area contributed by atoms with Crippen LogP contribution in [0.3, 0.4) is 0 Å².